The smallest absolute Gasteiger partial charge is 0.433 e. The van der Waals surface area contributed by atoms with Crippen molar-refractivity contribution >= 4 is 39.1 Å². The maximum absolute atomic E-state index is 15.1. The molecule has 0 saturated heterocycles. The fraction of sp³-hybridized carbons (Fsp3) is 0.167. The molecule has 0 spiro atoms. The lowest BCUT2D eigenvalue weighted by Gasteiger charge is -2.31. The number of alkyl halides is 9. The largest absolute Gasteiger partial charge is 0.435 e. The molecule has 42 heavy (non-hydrogen) atoms. The zero-order valence-corrected chi connectivity index (χ0v) is 21.4. The Morgan fingerprint density at radius 3 is 1.83 bits per heavy atom. The number of hydrogen-bond donors (Lipinski definition) is 2. The summed E-state index contributed by atoms with van der Waals surface area (Å²) in [7, 11) is 0. The third-order valence-electron chi connectivity index (χ3n) is 5.38. The summed E-state index contributed by atoms with van der Waals surface area (Å²) in [6.07, 6.45) is -13.3. The number of hydrogen-bond acceptors (Lipinski definition) is 3. The van der Waals surface area contributed by atoms with Crippen LogP contribution in [0.1, 0.15) is 26.3 Å². The van der Waals surface area contributed by atoms with E-state index in [1.807, 2.05) is 5.32 Å². The molecule has 3 aromatic carbocycles. The first-order valence-corrected chi connectivity index (χ1v) is 11.5. The van der Waals surface area contributed by atoms with E-state index in [2.05, 4.69) is 20.7 Å². The summed E-state index contributed by atoms with van der Waals surface area (Å²) in [5, 5.41) is 3.60. The number of rotatable bonds is 7. The fourth-order valence-electron chi connectivity index (χ4n) is 3.43. The molecule has 0 fully saturated rings. The van der Waals surface area contributed by atoms with Gasteiger partial charge >= 0.3 is 24.6 Å². The highest BCUT2D eigenvalue weighted by atomic mass is 79.9. The van der Waals surface area contributed by atoms with Crippen molar-refractivity contribution in [1.82, 2.24) is 0 Å². The van der Waals surface area contributed by atoms with Gasteiger partial charge in [0.1, 0.15) is 0 Å². The molecule has 3 aromatic rings. The quantitative estimate of drug-likeness (QED) is 0.247. The maximum atomic E-state index is 15.1. The average Bonchev–Trinajstić information content (AvgIpc) is 2.86. The minimum atomic E-state index is -6.63. The molecule has 226 valence electrons. The summed E-state index contributed by atoms with van der Waals surface area (Å²) in [4.78, 5) is 25.0. The molecule has 2 N–H and O–H groups in total. The second kappa shape index (κ2) is 11.7. The van der Waals surface area contributed by atoms with Gasteiger partial charge in [-0.1, -0.05) is 12.1 Å². The lowest BCUT2D eigenvalue weighted by Crippen LogP contribution is -2.50. The lowest BCUT2D eigenvalue weighted by molar-refractivity contribution is -0.348. The van der Waals surface area contributed by atoms with E-state index in [1.165, 1.54) is 0 Å². The van der Waals surface area contributed by atoms with Gasteiger partial charge in [-0.05, 0) is 52.3 Å². The van der Waals surface area contributed by atoms with E-state index < -0.39 is 92.2 Å². The third-order valence-corrected chi connectivity index (χ3v) is 6.00. The number of halogens is 13. The van der Waals surface area contributed by atoms with Crippen LogP contribution in [0.15, 0.2) is 53.0 Å². The predicted octanol–water partition coefficient (Wildman–Crippen LogP) is 8.26. The van der Waals surface area contributed by atoms with Crippen LogP contribution < -0.4 is 15.4 Å². The van der Waals surface area contributed by atoms with Gasteiger partial charge in [0.25, 0.3) is 11.8 Å². The van der Waals surface area contributed by atoms with Crippen molar-refractivity contribution in [3.8, 4) is 5.75 Å². The van der Waals surface area contributed by atoms with Crippen LogP contribution in [0, 0.1) is 17.5 Å². The standard InChI is InChI=1S/C24H11BrF12N2O3/c25-12-7-9(22(31,23(32,33)34)24(35,36)37)8-15(42-21(29)30)18(12)39-20(41)11-4-2-6-14(17(11)28)38-19(40)10-3-1-5-13(26)16(10)27/h1-8,21H,(H,38,40)(H,39,41). The number of carbonyl (C=O) groups is 2. The van der Waals surface area contributed by atoms with Gasteiger partial charge in [-0.3, -0.25) is 9.59 Å². The minimum absolute atomic E-state index is 0.116. The molecule has 0 aliphatic carbocycles. The van der Waals surface area contributed by atoms with Crippen molar-refractivity contribution in [2.45, 2.75) is 24.6 Å². The second-order valence-corrected chi connectivity index (χ2v) is 8.89. The van der Waals surface area contributed by atoms with Crippen molar-refractivity contribution in [3.05, 3.63) is 87.1 Å². The summed E-state index contributed by atoms with van der Waals surface area (Å²) < 4.78 is 165. The fourth-order valence-corrected chi connectivity index (χ4v) is 3.97. The van der Waals surface area contributed by atoms with Crippen molar-refractivity contribution in [2.75, 3.05) is 10.6 Å². The topological polar surface area (TPSA) is 67.4 Å². The zero-order chi connectivity index (χ0) is 31.8. The number of nitrogens with one attached hydrogen (secondary N) is 2. The summed E-state index contributed by atoms with van der Waals surface area (Å²) in [6.45, 7) is -3.91. The molecule has 0 saturated carbocycles. The van der Waals surface area contributed by atoms with Gasteiger partial charge in [0.2, 0.25) is 0 Å². The zero-order valence-electron chi connectivity index (χ0n) is 19.8. The summed E-state index contributed by atoms with van der Waals surface area (Å²) in [6, 6.07) is 4.57. The highest BCUT2D eigenvalue weighted by molar-refractivity contribution is 9.10. The Morgan fingerprint density at radius 2 is 1.29 bits per heavy atom. The third kappa shape index (κ3) is 6.27. The molecule has 5 nitrogen and oxygen atoms in total. The van der Waals surface area contributed by atoms with Gasteiger partial charge in [-0.2, -0.15) is 35.1 Å². The van der Waals surface area contributed by atoms with E-state index in [0.29, 0.717) is 6.07 Å². The highest BCUT2D eigenvalue weighted by Crippen LogP contribution is 2.55. The molecule has 2 amide bonds. The van der Waals surface area contributed by atoms with E-state index in [9.17, 15) is 57.9 Å². The Morgan fingerprint density at radius 1 is 0.762 bits per heavy atom. The van der Waals surface area contributed by atoms with Gasteiger partial charge in [0, 0.05) is 10.0 Å². The SMILES string of the molecule is O=C(Nc1cccc(C(=O)Nc2c(Br)cc(C(F)(C(F)(F)F)C(F)(F)F)cc2OC(F)F)c1F)c1cccc(F)c1F. The molecule has 0 aliphatic rings. The first kappa shape index (κ1) is 32.6. The molecule has 0 heterocycles. The number of ether oxygens (including phenoxy) is 1. The Bertz CT molecular complexity index is 1510. The monoisotopic (exact) mass is 682 g/mol. The van der Waals surface area contributed by atoms with Gasteiger partial charge in [-0.15, -0.1) is 0 Å². The number of benzene rings is 3. The minimum Gasteiger partial charge on any atom is -0.433 e. The molecule has 18 heteroatoms. The van der Waals surface area contributed by atoms with E-state index in [-0.39, 0.29) is 12.1 Å². The number of amides is 2. The van der Waals surface area contributed by atoms with E-state index in [4.69, 9.17) is 0 Å². The first-order chi connectivity index (χ1) is 19.3. The van der Waals surface area contributed by atoms with Gasteiger partial charge < -0.3 is 15.4 Å². The summed E-state index contributed by atoms with van der Waals surface area (Å²) in [5.74, 6) is -9.06. The molecule has 0 bridgehead atoms. The molecule has 0 radical (unpaired) electrons. The first-order valence-electron chi connectivity index (χ1n) is 10.8. The van der Waals surface area contributed by atoms with E-state index in [0.717, 1.165) is 30.3 Å². The number of carbonyl (C=O) groups excluding carboxylic acids is 2. The number of anilines is 2. The summed E-state index contributed by atoms with van der Waals surface area (Å²) in [5.41, 5.74) is -12.0. The van der Waals surface area contributed by atoms with Gasteiger partial charge in [-0.25, -0.2) is 17.6 Å². The normalized spacial score (nSPS) is 12.3. The van der Waals surface area contributed by atoms with E-state index in [1.54, 1.807) is 5.32 Å². The molecule has 0 aliphatic heterocycles. The molecular weight excluding hydrogens is 672 g/mol. The Kier molecular flexibility index (Phi) is 9.09. The molecule has 0 unspecified atom stereocenters. The van der Waals surface area contributed by atoms with Gasteiger partial charge in [0.15, 0.2) is 23.2 Å². The van der Waals surface area contributed by atoms with Crippen LogP contribution in [0.4, 0.5) is 64.1 Å². The van der Waals surface area contributed by atoms with Gasteiger partial charge in [0.05, 0.1) is 22.5 Å². The Labute approximate surface area is 234 Å². The summed E-state index contributed by atoms with van der Waals surface area (Å²) >= 11 is 2.46. The molecule has 0 aromatic heterocycles. The van der Waals surface area contributed by atoms with Crippen molar-refractivity contribution < 1.29 is 67.0 Å². The van der Waals surface area contributed by atoms with Crippen LogP contribution >= 0.6 is 15.9 Å². The van der Waals surface area contributed by atoms with Crippen LogP contribution in [0.25, 0.3) is 0 Å². The van der Waals surface area contributed by atoms with Crippen LogP contribution in [0.3, 0.4) is 0 Å². The lowest BCUT2D eigenvalue weighted by atomic mass is 9.93. The molecule has 3 rings (SSSR count). The molecule has 0 atom stereocenters. The van der Waals surface area contributed by atoms with Crippen molar-refractivity contribution in [2.24, 2.45) is 0 Å². The Balaban J connectivity index is 2.02. The highest BCUT2D eigenvalue weighted by Gasteiger charge is 2.73. The van der Waals surface area contributed by atoms with Crippen molar-refractivity contribution in [3.63, 3.8) is 0 Å². The van der Waals surface area contributed by atoms with Crippen LogP contribution in [0.2, 0.25) is 0 Å². The van der Waals surface area contributed by atoms with E-state index >= 15 is 4.39 Å². The second-order valence-electron chi connectivity index (χ2n) is 8.04. The van der Waals surface area contributed by atoms with Crippen molar-refractivity contribution in [1.29, 1.82) is 0 Å². The van der Waals surface area contributed by atoms with Crippen LogP contribution in [-0.4, -0.2) is 30.8 Å². The van der Waals surface area contributed by atoms with Crippen LogP contribution in [-0.2, 0) is 5.67 Å². The predicted molar refractivity (Wildman–Crippen MR) is 124 cm³/mol. The maximum Gasteiger partial charge on any atom is 0.435 e. The van der Waals surface area contributed by atoms with Crippen LogP contribution in [0.5, 0.6) is 5.75 Å². The average molecular weight is 683 g/mol. The molecular formula is C24H11BrF12N2O3. The Hall–Kier alpha value is -3.96.